The molecule has 1 saturated heterocycles. The van der Waals surface area contributed by atoms with E-state index in [-0.39, 0.29) is 21.9 Å². The van der Waals surface area contributed by atoms with Gasteiger partial charge in [-0.2, -0.15) is 0 Å². The molecule has 1 N–H and O–H groups in total. The van der Waals surface area contributed by atoms with Crippen molar-refractivity contribution in [1.82, 2.24) is 9.88 Å². The van der Waals surface area contributed by atoms with E-state index in [0.717, 1.165) is 31.9 Å². The van der Waals surface area contributed by atoms with Crippen LogP contribution in [0.2, 0.25) is 5.02 Å². The van der Waals surface area contributed by atoms with Gasteiger partial charge in [0.15, 0.2) is 10.7 Å². The Morgan fingerprint density at radius 3 is 2.71 bits per heavy atom. The first kappa shape index (κ1) is 22.2. The Hall–Kier alpha value is -1.97. The highest BCUT2D eigenvalue weighted by Crippen LogP contribution is 2.52. The molecule has 1 atom stereocenters. The molecule has 10 heteroatoms. The van der Waals surface area contributed by atoms with Crippen LogP contribution in [0.15, 0.2) is 35.4 Å². The van der Waals surface area contributed by atoms with Crippen molar-refractivity contribution < 1.29 is 17.2 Å². The summed E-state index contributed by atoms with van der Waals surface area (Å²) < 4.78 is 57.2. The third-order valence-corrected chi connectivity index (χ3v) is 8.05. The lowest BCUT2D eigenvalue weighted by molar-refractivity contribution is 0.118. The van der Waals surface area contributed by atoms with Gasteiger partial charge in [-0.3, -0.25) is 4.72 Å². The molecule has 2 heterocycles. The van der Waals surface area contributed by atoms with Gasteiger partial charge in [0.1, 0.15) is 16.7 Å². The Labute approximate surface area is 186 Å². The molecular formula is C21H25ClF2N4O2S. The summed E-state index contributed by atoms with van der Waals surface area (Å²) in [7, 11) is -0.456. The average Bonchev–Trinajstić information content (AvgIpc) is 3.06. The van der Waals surface area contributed by atoms with Gasteiger partial charge in [-0.15, -0.1) is 0 Å². The zero-order chi connectivity index (χ0) is 22.4. The Morgan fingerprint density at radius 1 is 1.32 bits per heavy atom. The number of sulfonamides is 1. The van der Waals surface area contributed by atoms with Crippen LogP contribution in [0.4, 0.5) is 20.3 Å². The lowest BCUT2D eigenvalue weighted by atomic mass is 9.71. The molecule has 2 fully saturated rings. The molecule has 6 nitrogen and oxygen atoms in total. The summed E-state index contributed by atoms with van der Waals surface area (Å²) >= 11 is 6.20. The molecule has 1 aromatic heterocycles. The van der Waals surface area contributed by atoms with E-state index in [9.17, 15) is 12.8 Å². The molecule has 2 aromatic rings. The van der Waals surface area contributed by atoms with Crippen LogP contribution in [0.3, 0.4) is 0 Å². The van der Waals surface area contributed by atoms with Gasteiger partial charge in [-0.1, -0.05) is 24.1 Å². The maximum absolute atomic E-state index is 15.0. The van der Waals surface area contributed by atoms with Crippen molar-refractivity contribution in [3.63, 3.8) is 0 Å². The second-order valence-corrected chi connectivity index (χ2v) is 10.7. The quantitative estimate of drug-likeness (QED) is 0.647. The van der Waals surface area contributed by atoms with Gasteiger partial charge in [0.2, 0.25) is 0 Å². The predicted molar refractivity (Wildman–Crippen MR) is 117 cm³/mol. The van der Waals surface area contributed by atoms with E-state index >= 15 is 4.39 Å². The van der Waals surface area contributed by atoms with Crippen LogP contribution < -0.4 is 9.62 Å². The summed E-state index contributed by atoms with van der Waals surface area (Å²) in [6.07, 6.45) is 4.72. The van der Waals surface area contributed by atoms with Crippen LogP contribution in [-0.2, 0) is 10.0 Å². The van der Waals surface area contributed by atoms with Crippen LogP contribution in [0.5, 0.6) is 0 Å². The predicted octanol–water partition coefficient (Wildman–Crippen LogP) is 3.98. The third-order valence-electron chi connectivity index (χ3n) is 6.30. The highest BCUT2D eigenvalue weighted by Gasteiger charge is 2.52. The zero-order valence-corrected chi connectivity index (χ0v) is 19.0. The first-order chi connectivity index (χ1) is 14.6. The van der Waals surface area contributed by atoms with E-state index in [1.54, 1.807) is 12.1 Å². The topological polar surface area (TPSA) is 65.5 Å². The van der Waals surface area contributed by atoms with Crippen LogP contribution in [0, 0.1) is 23.0 Å². The molecule has 4 rings (SSSR count). The van der Waals surface area contributed by atoms with E-state index < -0.39 is 26.6 Å². The van der Waals surface area contributed by atoms with Gasteiger partial charge < -0.3 is 9.80 Å². The van der Waals surface area contributed by atoms with Gasteiger partial charge in [-0.05, 0) is 45.0 Å². The largest absolute Gasteiger partial charge is 0.369 e. The van der Waals surface area contributed by atoms with E-state index in [1.807, 2.05) is 19.0 Å². The molecule has 1 unspecified atom stereocenters. The SMILES string of the molecule is CN(C)CC1CCCC12CN(c1cc(F)c(S(=O)(=O)Nc3ccccn3)c(F)c1Cl)C2. The monoisotopic (exact) mass is 470 g/mol. The number of anilines is 2. The van der Waals surface area contributed by atoms with Gasteiger partial charge in [-0.25, -0.2) is 22.2 Å². The van der Waals surface area contributed by atoms with E-state index in [4.69, 9.17) is 11.6 Å². The van der Waals surface area contributed by atoms with Gasteiger partial charge in [0.05, 0.1) is 5.69 Å². The summed E-state index contributed by atoms with van der Waals surface area (Å²) in [5.41, 5.74) is 0.306. The van der Waals surface area contributed by atoms with E-state index in [1.165, 1.54) is 12.3 Å². The standard InChI is InChI=1S/C21H25ClF2N4O2S/c1-27(2)11-14-6-5-8-21(14)12-28(13-21)16-10-15(23)20(19(24)18(16)22)31(29,30)26-17-7-3-4-9-25-17/h3-4,7,9-10,14H,5-6,8,11-13H2,1-2H3,(H,25,26). The van der Waals surface area contributed by atoms with Crippen molar-refractivity contribution in [2.75, 3.05) is 43.4 Å². The molecule has 0 amide bonds. The minimum Gasteiger partial charge on any atom is -0.369 e. The molecule has 1 spiro atoms. The van der Waals surface area contributed by atoms with Crippen molar-refractivity contribution in [3.8, 4) is 0 Å². The molecule has 0 radical (unpaired) electrons. The number of pyridine rings is 1. The highest BCUT2D eigenvalue weighted by atomic mass is 35.5. The molecule has 1 aliphatic heterocycles. The Bertz CT molecular complexity index is 1080. The van der Waals surface area contributed by atoms with Crippen molar-refractivity contribution in [3.05, 3.63) is 47.1 Å². The zero-order valence-electron chi connectivity index (χ0n) is 17.4. The number of nitrogens with one attached hydrogen (secondary N) is 1. The lowest BCUT2D eigenvalue weighted by Crippen LogP contribution is -2.59. The number of benzene rings is 1. The maximum Gasteiger partial charge on any atom is 0.268 e. The molecule has 2 aliphatic rings. The summed E-state index contributed by atoms with van der Waals surface area (Å²) in [5.74, 6) is -2.00. The van der Waals surface area contributed by atoms with Gasteiger partial charge in [0, 0.05) is 37.3 Å². The smallest absolute Gasteiger partial charge is 0.268 e. The van der Waals surface area contributed by atoms with Crippen molar-refractivity contribution in [2.45, 2.75) is 24.2 Å². The first-order valence-corrected chi connectivity index (χ1v) is 12.0. The maximum atomic E-state index is 15.0. The first-order valence-electron chi connectivity index (χ1n) is 10.1. The van der Waals surface area contributed by atoms with E-state index in [0.29, 0.717) is 19.0 Å². The minimum absolute atomic E-state index is 0.0423. The van der Waals surface area contributed by atoms with Crippen LogP contribution in [-0.4, -0.2) is 52.0 Å². The van der Waals surface area contributed by atoms with Crippen molar-refractivity contribution in [2.24, 2.45) is 11.3 Å². The lowest BCUT2D eigenvalue weighted by Gasteiger charge is -2.53. The average molecular weight is 471 g/mol. The third kappa shape index (κ3) is 4.10. The van der Waals surface area contributed by atoms with Gasteiger partial charge >= 0.3 is 0 Å². The number of rotatable bonds is 6. The van der Waals surface area contributed by atoms with E-state index in [2.05, 4.69) is 14.6 Å². The Kier molecular flexibility index (Phi) is 5.87. The number of hydrogen-bond acceptors (Lipinski definition) is 5. The second kappa shape index (κ2) is 8.18. The molecule has 1 saturated carbocycles. The number of aromatic nitrogens is 1. The fraction of sp³-hybridized carbons (Fsp3) is 0.476. The molecule has 0 bridgehead atoms. The van der Waals surface area contributed by atoms with Crippen molar-refractivity contribution >= 4 is 33.1 Å². The van der Waals surface area contributed by atoms with Crippen LogP contribution >= 0.6 is 11.6 Å². The highest BCUT2D eigenvalue weighted by molar-refractivity contribution is 7.92. The Balaban J connectivity index is 1.59. The minimum atomic E-state index is -4.54. The summed E-state index contributed by atoms with van der Waals surface area (Å²) in [5, 5.41) is -0.389. The Morgan fingerprint density at radius 2 is 2.06 bits per heavy atom. The van der Waals surface area contributed by atoms with Crippen molar-refractivity contribution in [1.29, 1.82) is 0 Å². The summed E-state index contributed by atoms with van der Waals surface area (Å²) in [4.78, 5) is 6.73. The van der Waals surface area contributed by atoms with Crippen LogP contribution in [0.25, 0.3) is 0 Å². The number of hydrogen-bond donors (Lipinski definition) is 1. The number of nitrogens with zero attached hydrogens (tertiary/aromatic N) is 3. The van der Waals surface area contributed by atoms with Crippen LogP contribution in [0.1, 0.15) is 19.3 Å². The molecule has 1 aromatic carbocycles. The summed E-state index contributed by atoms with van der Waals surface area (Å²) in [6, 6.07) is 5.55. The molecule has 31 heavy (non-hydrogen) atoms. The fourth-order valence-corrected chi connectivity index (χ4v) is 6.37. The molecule has 1 aliphatic carbocycles. The summed E-state index contributed by atoms with van der Waals surface area (Å²) in [6.45, 7) is 2.28. The molecule has 168 valence electrons. The fourth-order valence-electron chi connectivity index (χ4n) is 4.89. The normalized spacial score (nSPS) is 20.3. The second-order valence-electron chi connectivity index (χ2n) is 8.72. The van der Waals surface area contributed by atoms with Gasteiger partial charge in [0.25, 0.3) is 10.0 Å². The number of halogens is 3. The molecular weight excluding hydrogens is 446 g/mol.